The predicted molar refractivity (Wildman–Crippen MR) is 116 cm³/mol. The third-order valence-corrected chi connectivity index (χ3v) is 5.35. The molecule has 156 valence electrons. The molecule has 0 spiro atoms. The number of benzene rings is 2. The number of nitrogens with zero attached hydrogens (tertiary/aromatic N) is 1. The van der Waals surface area contributed by atoms with Gasteiger partial charge in [-0.3, -0.25) is 4.79 Å². The van der Waals surface area contributed by atoms with Crippen LogP contribution in [0.2, 0.25) is 10.0 Å². The largest absolute Gasteiger partial charge is 0.494 e. The first-order chi connectivity index (χ1) is 14.1. The second-order valence-corrected chi connectivity index (χ2v) is 8.03. The minimum Gasteiger partial charge on any atom is -0.494 e. The fourth-order valence-electron chi connectivity index (χ4n) is 3.28. The van der Waals surface area contributed by atoms with E-state index in [9.17, 15) is 4.79 Å². The lowest BCUT2D eigenvalue weighted by Gasteiger charge is -2.16. The van der Waals surface area contributed by atoms with Crippen molar-refractivity contribution in [3.63, 3.8) is 0 Å². The molecule has 2 aromatic rings. The smallest absolute Gasteiger partial charge is 0.257 e. The lowest BCUT2D eigenvalue weighted by molar-refractivity contribution is -0.123. The van der Waals surface area contributed by atoms with Crippen LogP contribution in [0.15, 0.2) is 48.5 Å². The number of carbonyl (C=O) groups is 1. The summed E-state index contributed by atoms with van der Waals surface area (Å²) in [5, 5.41) is 4.32. The Kier molecular flexibility index (Phi) is 8.47. The molecule has 29 heavy (non-hydrogen) atoms. The van der Waals surface area contributed by atoms with Gasteiger partial charge in [0, 0.05) is 29.7 Å². The summed E-state index contributed by atoms with van der Waals surface area (Å²) >= 11 is 11.7. The molecule has 0 bridgehead atoms. The van der Waals surface area contributed by atoms with Crippen molar-refractivity contribution in [1.82, 2.24) is 10.2 Å². The van der Waals surface area contributed by atoms with Gasteiger partial charge in [0.1, 0.15) is 11.5 Å². The molecule has 3 rings (SSSR count). The Morgan fingerprint density at radius 1 is 1.00 bits per heavy atom. The molecule has 0 radical (unpaired) electrons. The summed E-state index contributed by atoms with van der Waals surface area (Å²) in [6.45, 7) is 4.43. The van der Waals surface area contributed by atoms with Gasteiger partial charge in [0.2, 0.25) is 0 Å². The van der Waals surface area contributed by atoms with Crippen molar-refractivity contribution in [2.24, 2.45) is 5.92 Å². The monoisotopic (exact) mass is 436 g/mol. The number of hydrogen-bond donors (Lipinski definition) is 1. The molecule has 7 heteroatoms. The Morgan fingerprint density at radius 3 is 2.28 bits per heavy atom. The van der Waals surface area contributed by atoms with E-state index in [1.165, 1.54) is 0 Å². The maximum Gasteiger partial charge on any atom is 0.257 e. The van der Waals surface area contributed by atoms with Gasteiger partial charge in [-0.05, 0) is 73.8 Å². The van der Waals surface area contributed by atoms with E-state index < -0.39 is 0 Å². The molecule has 1 N–H and O–H groups in total. The van der Waals surface area contributed by atoms with Gasteiger partial charge in [0.15, 0.2) is 6.61 Å². The molecule has 1 saturated heterocycles. The second kappa shape index (κ2) is 11.3. The molecule has 1 atom stereocenters. The molecule has 1 fully saturated rings. The van der Waals surface area contributed by atoms with E-state index in [0.717, 1.165) is 38.2 Å². The van der Waals surface area contributed by atoms with Gasteiger partial charge in [-0.25, -0.2) is 0 Å². The Hall–Kier alpha value is -1.95. The van der Waals surface area contributed by atoms with Crippen LogP contribution < -0.4 is 14.8 Å². The third kappa shape index (κ3) is 7.77. The van der Waals surface area contributed by atoms with Crippen molar-refractivity contribution in [2.45, 2.75) is 12.8 Å². The summed E-state index contributed by atoms with van der Waals surface area (Å²) in [7, 11) is 0. The van der Waals surface area contributed by atoms with Gasteiger partial charge in [-0.1, -0.05) is 23.2 Å². The first-order valence-corrected chi connectivity index (χ1v) is 10.6. The number of amides is 1. The van der Waals surface area contributed by atoms with Crippen molar-refractivity contribution in [2.75, 3.05) is 39.4 Å². The molecule has 0 aromatic heterocycles. The summed E-state index contributed by atoms with van der Waals surface area (Å²) < 4.78 is 11.2. The van der Waals surface area contributed by atoms with Crippen LogP contribution in [0, 0.1) is 5.92 Å². The van der Waals surface area contributed by atoms with Crippen LogP contribution in [0.25, 0.3) is 0 Å². The van der Waals surface area contributed by atoms with E-state index in [0.29, 0.717) is 34.9 Å². The molecule has 1 amide bonds. The summed E-state index contributed by atoms with van der Waals surface area (Å²) in [6.07, 6.45) is 2.06. The lowest BCUT2D eigenvalue weighted by atomic mass is 10.1. The Labute approximate surface area is 181 Å². The lowest BCUT2D eigenvalue weighted by Crippen LogP contribution is -2.34. The van der Waals surface area contributed by atoms with Crippen LogP contribution in [0.4, 0.5) is 0 Å². The minimum atomic E-state index is -0.102. The highest BCUT2D eigenvalue weighted by Gasteiger charge is 2.22. The Morgan fingerprint density at radius 2 is 1.62 bits per heavy atom. The van der Waals surface area contributed by atoms with Crippen molar-refractivity contribution in [3.8, 4) is 11.5 Å². The maximum absolute atomic E-state index is 12.0. The average molecular weight is 437 g/mol. The van der Waals surface area contributed by atoms with Gasteiger partial charge in [-0.2, -0.15) is 0 Å². The maximum atomic E-state index is 12.0. The number of rotatable bonds is 10. The predicted octanol–water partition coefficient (Wildman–Crippen LogP) is 4.28. The van der Waals surface area contributed by atoms with Crippen LogP contribution in [-0.4, -0.2) is 50.2 Å². The van der Waals surface area contributed by atoms with Gasteiger partial charge in [0.25, 0.3) is 5.91 Å². The van der Waals surface area contributed by atoms with E-state index in [2.05, 4.69) is 10.2 Å². The second-order valence-electron chi connectivity index (χ2n) is 7.16. The molecule has 5 nitrogen and oxygen atoms in total. The van der Waals surface area contributed by atoms with Crippen LogP contribution in [0.3, 0.4) is 0 Å². The number of likely N-dealkylation sites (tertiary alicyclic amines) is 1. The quantitative estimate of drug-likeness (QED) is 0.564. The number of halogens is 2. The van der Waals surface area contributed by atoms with Gasteiger partial charge < -0.3 is 19.7 Å². The SMILES string of the molecule is O=C(COc1ccc(Cl)cc1)NCC1CCN(CCCOc2ccc(Cl)cc2)C1. The van der Waals surface area contributed by atoms with Gasteiger partial charge in [0.05, 0.1) is 6.61 Å². The summed E-state index contributed by atoms with van der Waals surface area (Å²) in [5.41, 5.74) is 0. The Bertz CT molecular complexity index is 769. The molecule has 1 aliphatic rings. The summed E-state index contributed by atoms with van der Waals surface area (Å²) in [6, 6.07) is 14.4. The standard InChI is InChI=1S/C22H26Cl2N2O3/c23-18-2-6-20(7-3-18)28-13-1-11-26-12-10-17(15-26)14-25-22(27)16-29-21-8-4-19(24)5-9-21/h2-9,17H,1,10-16H2,(H,25,27). The zero-order valence-corrected chi connectivity index (χ0v) is 17.8. The van der Waals surface area contributed by atoms with Crippen molar-refractivity contribution < 1.29 is 14.3 Å². The third-order valence-electron chi connectivity index (χ3n) is 4.84. The average Bonchev–Trinajstić information content (AvgIpc) is 3.18. The van der Waals surface area contributed by atoms with E-state index in [1.54, 1.807) is 24.3 Å². The number of hydrogen-bond acceptors (Lipinski definition) is 4. The highest BCUT2D eigenvalue weighted by Crippen LogP contribution is 2.18. The normalized spacial score (nSPS) is 16.6. The van der Waals surface area contributed by atoms with Crippen LogP contribution in [0.1, 0.15) is 12.8 Å². The molecular formula is C22H26Cl2N2O3. The number of ether oxygens (including phenoxy) is 2. The summed E-state index contributed by atoms with van der Waals surface area (Å²) in [4.78, 5) is 14.4. The van der Waals surface area contributed by atoms with Crippen LogP contribution in [-0.2, 0) is 4.79 Å². The number of nitrogens with one attached hydrogen (secondary N) is 1. The molecule has 1 unspecified atom stereocenters. The zero-order valence-electron chi connectivity index (χ0n) is 16.3. The van der Waals surface area contributed by atoms with Crippen molar-refractivity contribution in [1.29, 1.82) is 0 Å². The molecule has 1 heterocycles. The first-order valence-electron chi connectivity index (χ1n) is 9.84. The van der Waals surface area contributed by atoms with E-state index in [1.807, 2.05) is 24.3 Å². The fourth-order valence-corrected chi connectivity index (χ4v) is 3.53. The fraction of sp³-hybridized carbons (Fsp3) is 0.409. The minimum absolute atomic E-state index is 0.0140. The van der Waals surface area contributed by atoms with Crippen LogP contribution in [0.5, 0.6) is 11.5 Å². The van der Waals surface area contributed by atoms with Crippen molar-refractivity contribution in [3.05, 3.63) is 58.6 Å². The highest BCUT2D eigenvalue weighted by atomic mass is 35.5. The van der Waals surface area contributed by atoms with Crippen LogP contribution >= 0.6 is 23.2 Å². The van der Waals surface area contributed by atoms with Crippen molar-refractivity contribution >= 4 is 29.1 Å². The molecule has 2 aromatic carbocycles. The van der Waals surface area contributed by atoms with E-state index in [4.69, 9.17) is 32.7 Å². The molecule has 1 aliphatic heterocycles. The highest BCUT2D eigenvalue weighted by molar-refractivity contribution is 6.30. The zero-order chi connectivity index (χ0) is 20.5. The van der Waals surface area contributed by atoms with Gasteiger partial charge >= 0.3 is 0 Å². The topological polar surface area (TPSA) is 50.8 Å². The molecule has 0 saturated carbocycles. The van der Waals surface area contributed by atoms with E-state index >= 15 is 0 Å². The first kappa shape index (κ1) is 21.8. The van der Waals surface area contributed by atoms with E-state index in [-0.39, 0.29) is 12.5 Å². The Balaban J connectivity index is 1.25. The molecular weight excluding hydrogens is 411 g/mol. The van der Waals surface area contributed by atoms with Gasteiger partial charge in [-0.15, -0.1) is 0 Å². The molecule has 0 aliphatic carbocycles. The number of carbonyl (C=O) groups excluding carboxylic acids is 1. The summed E-state index contributed by atoms with van der Waals surface area (Å²) in [5.74, 6) is 1.86.